The molecule has 1 aliphatic rings. The summed E-state index contributed by atoms with van der Waals surface area (Å²) in [7, 11) is -2.98. The van der Waals surface area contributed by atoms with Crippen LogP contribution in [0.15, 0.2) is 59.5 Å². The Hall–Kier alpha value is -3.24. The fraction of sp³-hybridized carbons (Fsp3) is 0.217. The molecule has 0 fully saturated rings. The minimum Gasteiger partial charge on any atom is -0.465 e. The molecule has 0 bridgehead atoms. The molecule has 7 nitrogen and oxygen atoms in total. The van der Waals surface area contributed by atoms with E-state index in [4.69, 9.17) is 4.74 Å². The lowest BCUT2D eigenvalue weighted by atomic mass is 10.1. The molecule has 2 aromatic carbocycles. The van der Waals surface area contributed by atoms with Gasteiger partial charge in [0.2, 0.25) is 5.91 Å². The fourth-order valence-electron chi connectivity index (χ4n) is 3.78. The highest BCUT2D eigenvalue weighted by molar-refractivity contribution is 7.92. The van der Waals surface area contributed by atoms with Crippen molar-refractivity contribution < 1.29 is 27.1 Å². The van der Waals surface area contributed by atoms with Gasteiger partial charge in [-0.05, 0) is 49.1 Å². The first kappa shape index (κ1) is 22.9. The van der Waals surface area contributed by atoms with Crippen LogP contribution in [0.1, 0.15) is 27.2 Å². The summed E-state index contributed by atoms with van der Waals surface area (Å²) in [5.41, 5.74) is 0.898. The van der Waals surface area contributed by atoms with Crippen LogP contribution in [0, 0.1) is 5.82 Å². The Labute approximate surface area is 194 Å². The smallest absolute Gasteiger partial charge is 0.341 e. The number of fused-ring (bicyclic) bond motifs is 1. The van der Waals surface area contributed by atoms with Crippen LogP contribution in [0.4, 0.5) is 15.1 Å². The van der Waals surface area contributed by atoms with Crippen LogP contribution < -0.4 is 9.62 Å². The number of esters is 1. The Balaban J connectivity index is 1.68. The third kappa shape index (κ3) is 4.49. The maximum absolute atomic E-state index is 14.6. The third-order valence-electron chi connectivity index (χ3n) is 5.30. The average molecular weight is 489 g/mol. The zero-order chi connectivity index (χ0) is 23.6. The summed E-state index contributed by atoms with van der Waals surface area (Å²) in [6, 6.07) is 12.8. The van der Waals surface area contributed by atoms with Crippen molar-refractivity contribution in [3.8, 4) is 0 Å². The van der Waals surface area contributed by atoms with Crippen LogP contribution in [-0.4, -0.2) is 33.9 Å². The van der Waals surface area contributed by atoms with E-state index in [1.54, 1.807) is 18.2 Å². The first-order valence-corrected chi connectivity index (χ1v) is 12.4. The second-order valence-electron chi connectivity index (χ2n) is 7.38. The highest BCUT2D eigenvalue weighted by Crippen LogP contribution is 2.39. The molecular formula is C23H21FN2O5S2. The van der Waals surface area contributed by atoms with Crippen LogP contribution >= 0.6 is 11.3 Å². The highest BCUT2D eigenvalue weighted by Gasteiger charge is 2.31. The standard InChI is InChI=1S/C23H21FN2O5S2/c1-31-23(28)21-16-10-7-13-19(16)32-22(21)25-20(27)14-26(18-12-6-5-11-17(18)24)33(29,30)15-8-3-2-4-9-15/h2-6,8-9,11-12H,7,10,13-14H2,1H3,(H,25,27). The van der Waals surface area contributed by atoms with E-state index in [9.17, 15) is 22.4 Å². The van der Waals surface area contributed by atoms with Crippen molar-refractivity contribution in [1.82, 2.24) is 0 Å². The van der Waals surface area contributed by atoms with Gasteiger partial charge in [-0.25, -0.2) is 17.6 Å². The molecule has 1 N–H and O–H groups in total. The van der Waals surface area contributed by atoms with Gasteiger partial charge < -0.3 is 10.1 Å². The van der Waals surface area contributed by atoms with E-state index in [0.717, 1.165) is 33.7 Å². The number of carbonyl (C=O) groups excluding carboxylic acids is 2. The number of para-hydroxylation sites is 1. The number of hydrogen-bond acceptors (Lipinski definition) is 6. The van der Waals surface area contributed by atoms with Gasteiger partial charge in [0.1, 0.15) is 17.4 Å². The second-order valence-corrected chi connectivity index (χ2v) is 10.3. The van der Waals surface area contributed by atoms with Gasteiger partial charge in [-0.15, -0.1) is 11.3 Å². The molecule has 33 heavy (non-hydrogen) atoms. The Kier molecular flexibility index (Phi) is 6.48. The van der Waals surface area contributed by atoms with E-state index in [1.165, 1.54) is 48.8 Å². The largest absolute Gasteiger partial charge is 0.465 e. The van der Waals surface area contributed by atoms with Crippen LogP contribution in [0.2, 0.25) is 0 Å². The first-order valence-electron chi connectivity index (χ1n) is 10.2. The number of ether oxygens (including phenoxy) is 1. The SMILES string of the molecule is COC(=O)c1c(NC(=O)CN(c2ccccc2F)S(=O)(=O)c2ccccc2)sc2c1CCC2. The van der Waals surface area contributed by atoms with Crippen molar-refractivity contribution >= 4 is 43.9 Å². The van der Waals surface area contributed by atoms with E-state index in [0.29, 0.717) is 17.0 Å². The lowest BCUT2D eigenvalue weighted by Crippen LogP contribution is -2.38. The third-order valence-corrected chi connectivity index (χ3v) is 8.28. The predicted octanol–water partition coefficient (Wildman–Crippen LogP) is 4.00. The Bertz CT molecular complexity index is 1310. The number of nitrogens with one attached hydrogen (secondary N) is 1. The topological polar surface area (TPSA) is 92.8 Å². The summed E-state index contributed by atoms with van der Waals surface area (Å²) in [5, 5.41) is 2.96. The normalized spacial score (nSPS) is 12.8. The molecule has 0 saturated carbocycles. The first-order chi connectivity index (χ1) is 15.8. The maximum atomic E-state index is 14.6. The van der Waals surface area contributed by atoms with E-state index in [1.807, 2.05) is 0 Å². The summed E-state index contributed by atoms with van der Waals surface area (Å²) < 4.78 is 46.8. The van der Waals surface area contributed by atoms with Gasteiger partial charge in [0, 0.05) is 4.88 Å². The number of nitrogens with zero attached hydrogens (tertiary/aromatic N) is 1. The number of thiophene rings is 1. The molecule has 3 aromatic rings. The fourth-order valence-corrected chi connectivity index (χ4v) is 6.52. The van der Waals surface area contributed by atoms with Gasteiger partial charge in [0.15, 0.2) is 0 Å². The van der Waals surface area contributed by atoms with E-state index in [-0.39, 0.29) is 10.6 Å². The van der Waals surface area contributed by atoms with Gasteiger partial charge in [-0.2, -0.15) is 0 Å². The Morgan fingerprint density at radius 1 is 1.09 bits per heavy atom. The molecule has 0 spiro atoms. The highest BCUT2D eigenvalue weighted by atomic mass is 32.2. The van der Waals surface area contributed by atoms with Gasteiger partial charge in [-0.3, -0.25) is 9.10 Å². The Morgan fingerprint density at radius 2 is 1.79 bits per heavy atom. The van der Waals surface area contributed by atoms with Crippen LogP contribution in [0.3, 0.4) is 0 Å². The van der Waals surface area contributed by atoms with Crippen molar-refractivity contribution in [3.63, 3.8) is 0 Å². The monoisotopic (exact) mass is 488 g/mol. The van der Waals surface area contributed by atoms with Crippen molar-refractivity contribution in [1.29, 1.82) is 0 Å². The number of halogens is 1. The van der Waals surface area contributed by atoms with Gasteiger partial charge in [-0.1, -0.05) is 30.3 Å². The molecule has 0 atom stereocenters. The zero-order valence-electron chi connectivity index (χ0n) is 17.7. The summed E-state index contributed by atoms with van der Waals surface area (Å²) in [6.45, 7) is -0.679. The number of benzene rings is 2. The lowest BCUT2D eigenvalue weighted by Gasteiger charge is -2.24. The Morgan fingerprint density at radius 3 is 2.48 bits per heavy atom. The van der Waals surface area contributed by atoms with E-state index in [2.05, 4.69) is 5.32 Å². The minimum atomic E-state index is -4.25. The van der Waals surface area contributed by atoms with Crippen molar-refractivity contribution in [2.75, 3.05) is 23.3 Å². The second kappa shape index (κ2) is 9.32. The van der Waals surface area contributed by atoms with Gasteiger partial charge in [0.25, 0.3) is 10.0 Å². The number of methoxy groups -OCH3 is 1. The molecule has 172 valence electrons. The van der Waals surface area contributed by atoms with Crippen LogP contribution in [0.25, 0.3) is 0 Å². The van der Waals surface area contributed by atoms with Gasteiger partial charge >= 0.3 is 5.97 Å². The van der Waals surface area contributed by atoms with Crippen molar-refractivity contribution in [2.24, 2.45) is 0 Å². The predicted molar refractivity (Wildman–Crippen MR) is 124 cm³/mol. The number of carbonyl (C=O) groups is 2. The zero-order valence-corrected chi connectivity index (χ0v) is 19.3. The molecule has 0 aliphatic heterocycles. The molecule has 1 aromatic heterocycles. The molecule has 1 amide bonds. The average Bonchev–Trinajstić information content (AvgIpc) is 3.39. The summed E-state index contributed by atoms with van der Waals surface area (Å²) in [4.78, 5) is 26.3. The number of amides is 1. The summed E-state index contributed by atoms with van der Waals surface area (Å²) in [5.74, 6) is -2.05. The molecule has 0 saturated heterocycles. The quantitative estimate of drug-likeness (QED) is 0.508. The maximum Gasteiger partial charge on any atom is 0.341 e. The molecule has 4 rings (SSSR count). The van der Waals surface area contributed by atoms with Gasteiger partial charge in [0.05, 0.1) is 23.3 Å². The number of rotatable bonds is 7. The molecule has 1 aliphatic carbocycles. The molecule has 0 radical (unpaired) electrons. The molecule has 1 heterocycles. The minimum absolute atomic E-state index is 0.0774. The van der Waals surface area contributed by atoms with Crippen molar-refractivity contribution in [3.05, 3.63) is 76.4 Å². The van der Waals surface area contributed by atoms with E-state index < -0.39 is 34.3 Å². The molecule has 0 unspecified atom stereocenters. The van der Waals surface area contributed by atoms with Crippen molar-refractivity contribution in [2.45, 2.75) is 24.2 Å². The summed E-state index contributed by atoms with van der Waals surface area (Å²) in [6.07, 6.45) is 2.41. The van der Waals surface area contributed by atoms with E-state index >= 15 is 0 Å². The molecular weight excluding hydrogens is 467 g/mol. The summed E-state index contributed by atoms with van der Waals surface area (Å²) >= 11 is 1.28. The number of aryl methyl sites for hydroxylation is 1. The number of anilines is 2. The van der Waals surface area contributed by atoms with Crippen LogP contribution in [0.5, 0.6) is 0 Å². The lowest BCUT2D eigenvalue weighted by molar-refractivity contribution is -0.114. The molecule has 10 heteroatoms. The number of hydrogen-bond donors (Lipinski definition) is 1. The van der Waals surface area contributed by atoms with Crippen LogP contribution in [-0.2, 0) is 32.4 Å². The number of sulfonamides is 1.